The van der Waals surface area contributed by atoms with Crippen LogP contribution in [0.25, 0.3) is 0 Å². The summed E-state index contributed by atoms with van der Waals surface area (Å²) in [5.41, 5.74) is 2.67. The molecule has 0 fully saturated rings. The monoisotopic (exact) mass is 250 g/mol. The molecule has 5 heteroatoms. The van der Waals surface area contributed by atoms with Crippen LogP contribution in [0.4, 0.5) is 5.69 Å². The average molecular weight is 250 g/mol. The molecule has 0 aliphatic carbocycles. The largest absolute Gasteiger partial charge is 0.480 e. The molecule has 98 valence electrons. The summed E-state index contributed by atoms with van der Waals surface area (Å²) in [5.74, 6) is -1.67. The molecule has 0 radical (unpaired) electrons. The highest BCUT2D eigenvalue weighted by atomic mass is 16.4. The summed E-state index contributed by atoms with van der Waals surface area (Å²) in [6.45, 7) is 3.81. The van der Waals surface area contributed by atoms with Gasteiger partial charge >= 0.3 is 5.97 Å². The zero-order valence-corrected chi connectivity index (χ0v) is 11.0. The third-order valence-electron chi connectivity index (χ3n) is 2.84. The summed E-state index contributed by atoms with van der Waals surface area (Å²) < 4.78 is 0. The minimum atomic E-state index is -1.23. The van der Waals surface area contributed by atoms with E-state index in [-0.39, 0.29) is 0 Å². The molecule has 0 heterocycles. The molecule has 0 aromatic heterocycles. The van der Waals surface area contributed by atoms with Crippen LogP contribution in [0.1, 0.15) is 11.1 Å². The van der Waals surface area contributed by atoms with Crippen molar-refractivity contribution in [3.05, 3.63) is 29.3 Å². The van der Waals surface area contributed by atoms with Crippen LogP contribution < -0.4 is 10.2 Å². The highest BCUT2D eigenvalue weighted by molar-refractivity contribution is 6.09. The Morgan fingerprint density at radius 1 is 1.33 bits per heavy atom. The maximum Gasteiger partial charge on any atom is 0.330 e. The molecular formula is C13H18N2O3. The van der Waals surface area contributed by atoms with Gasteiger partial charge < -0.3 is 10.0 Å². The maximum absolute atomic E-state index is 12.1. The summed E-state index contributed by atoms with van der Waals surface area (Å²) in [7, 11) is 3.03. The standard InChI is InChI=1S/C13H18N2O3/c1-8-5-6-9(2)10(7-8)15(4)12(16)11(14-3)13(17)18/h5-7,11,14H,1-4H3,(H,17,18). The van der Waals surface area contributed by atoms with Gasteiger partial charge in [0.25, 0.3) is 5.91 Å². The Kier molecular flexibility index (Phi) is 4.44. The number of carbonyl (C=O) groups is 2. The molecule has 0 bridgehead atoms. The molecule has 2 N–H and O–H groups in total. The number of anilines is 1. The maximum atomic E-state index is 12.1. The lowest BCUT2D eigenvalue weighted by Gasteiger charge is -2.23. The van der Waals surface area contributed by atoms with Gasteiger partial charge in [0.05, 0.1) is 0 Å². The number of nitrogens with zero attached hydrogens (tertiary/aromatic N) is 1. The molecule has 1 rings (SSSR count). The van der Waals surface area contributed by atoms with E-state index in [0.29, 0.717) is 0 Å². The van der Waals surface area contributed by atoms with Crippen LogP contribution in [-0.2, 0) is 9.59 Å². The molecule has 18 heavy (non-hydrogen) atoms. The first-order valence-electron chi connectivity index (χ1n) is 5.63. The van der Waals surface area contributed by atoms with E-state index in [2.05, 4.69) is 5.32 Å². The van der Waals surface area contributed by atoms with Crippen molar-refractivity contribution in [3.8, 4) is 0 Å². The van der Waals surface area contributed by atoms with Gasteiger partial charge in [0, 0.05) is 12.7 Å². The zero-order chi connectivity index (χ0) is 13.9. The van der Waals surface area contributed by atoms with E-state index >= 15 is 0 Å². The van der Waals surface area contributed by atoms with Crippen LogP contribution >= 0.6 is 0 Å². The number of carboxylic acid groups (broad SMARTS) is 1. The summed E-state index contributed by atoms with van der Waals surface area (Å²) in [6.07, 6.45) is 0. The van der Waals surface area contributed by atoms with Gasteiger partial charge in [-0.15, -0.1) is 0 Å². The Morgan fingerprint density at radius 2 is 1.94 bits per heavy atom. The Bertz CT molecular complexity index is 471. The first-order chi connectivity index (χ1) is 8.38. The molecule has 1 aromatic rings. The Morgan fingerprint density at radius 3 is 2.44 bits per heavy atom. The van der Waals surface area contributed by atoms with Gasteiger partial charge in [0.2, 0.25) is 0 Å². The minimum absolute atomic E-state index is 0.487. The molecule has 0 saturated carbocycles. The summed E-state index contributed by atoms with van der Waals surface area (Å²) in [6, 6.07) is 4.49. The minimum Gasteiger partial charge on any atom is -0.480 e. The van der Waals surface area contributed by atoms with Crippen LogP contribution in [0.2, 0.25) is 0 Å². The van der Waals surface area contributed by atoms with E-state index in [0.717, 1.165) is 16.8 Å². The number of carbonyl (C=O) groups excluding carboxylic acids is 1. The predicted octanol–water partition coefficient (Wildman–Crippen LogP) is 0.939. The van der Waals surface area contributed by atoms with Gasteiger partial charge in [0.15, 0.2) is 6.04 Å². The second kappa shape index (κ2) is 5.64. The van der Waals surface area contributed by atoms with Crippen LogP contribution in [0, 0.1) is 13.8 Å². The molecule has 1 amide bonds. The number of hydrogen-bond acceptors (Lipinski definition) is 3. The lowest BCUT2D eigenvalue weighted by Crippen LogP contribution is -2.48. The number of amides is 1. The highest BCUT2D eigenvalue weighted by Crippen LogP contribution is 2.20. The summed E-state index contributed by atoms with van der Waals surface area (Å²) in [5, 5.41) is 11.4. The lowest BCUT2D eigenvalue weighted by atomic mass is 10.1. The first kappa shape index (κ1) is 14.2. The highest BCUT2D eigenvalue weighted by Gasteiger charge is 2.28. The molecule has 0 saturated heterocycles. The number of aryl methyl sites for hydroxylation is 2. The van der Waals surface area contributed by atoms with Crippen molar-refractivity contribution in [1.29, 1.82) is 0 Å². The summed E-state index contributed by atoms with van der Waals surface area (Å²) >= 11 is 0. The number of aliphatic carboxylic acids is 1. The number of likely N-dealkylation sites (N-methyl/N-ethyl adjacent to an activating group) is 2. The fourth-order valence-corrected chi connectivity index (χ4v) is 1.75. The molecular weight excluding hydrogens is 232 g/mol. The van der Waals surface area contributed by atoms with E-state index in [1.807, 2.05) is 32.0 Å². The zero-order valence-electron chi connectivity index (χ0n) is 11.0. The van der Waals surface area contributed by atoms with E-state index in [1.54, 1.807) is 7.05 Å². The van der Waals surface area contributed by atoms with E-state index in [4.69, 9.17) is 5.11 Å². The molecule has 1 aromatic carbocycles. The first-order valence-corrected chi connectivity index (χ1v) is 5.63. The molecule has 0 aliphatic rings. The van der Waals surface area contributed by atoms with E-state index < -0.39 is 17.9 Å². The van der Waals surface area contributed by atoms with Crippen molar-refractivity contribution in [2.45, 2.75) is 19.9 Å². The van der Waals surface area contributed by atoms with Crippen LogP contribution in [0.5, 0.6) is 0 Å². The van der Waals surface area contributed by atoms with Crippen molar-refractivity contribution in [1.82, 2.24) is 5.32 Å². The molecule has 1 unspecified atom stereocenters. The van der Waals surface area contributed by atoms with Crippen LogP contribution in [0.3, 0.4) is 0 Å². The van der Waals surface area contributed by atoms with Gasteiger partial charge in [-0.1, -0.05) is 12.1 Å². The lowest BCUT2D eigenvalue weighted by molar-refractivity contribution is -0.143. The molecule has 0 aliphatic heterocycles. The SMILES string of the molecule is CNC(C(=O)O)C(=O)N(C)c1cc(C)ccc1C. The Labute approximate surface area is 106 Å². The second-order valence-corrected chi connectivity index (χ2v) is 4.25. The van der Waals surface area contributed by atoms with E-state index in [1.165, 1.54) is 11.9 Å². The van der Waals surface area contributed by atoms with Gasteiger partial charge in [0.1, 0.15) is 0 Å². The molecule has 5 nitrogen and oxygen atoms in total. The Balaban J connectivity index is 3.06. The normalized spacial score (nSPS) is 12.0. The predicted molar refractivity (Wildman–Crippen MR) is 69.8 cm³/mol. The number of rotatable bonds is 4. The fourth-order valence-electron chi connectivity index (χ4n) is 1.75. The van der Waals surface area contributed by atoms with Crippen LogP contribution in [-0.4, -0.2) is 37.1 Å². The van der Waals surface area contributed by atoms with Crippen molar-refractivity contribution in [2.75, 3.05) is 19.0 Å². The average Bonchev–Trinajstić information content (AvgIpc) is 2.31. The Hall–Kier alpha value is -1.88. The van der Waals surface area contributed by atoms with Gasteiger partial charge in [-0.25, -0.2) is 4.79 Å². The summed E-state index contributed by atoms with van der Waals surface area (Å²) in [4.78, 5) is 24.4. The van der Waals surface area contributed by atoms with Gasteiger partial charge in [-0.05, 0) is 38.1 Å². The number of nitrogens with one attached hydrogen (secondary N) is 1. The van der Waals surface area contributed by atoms with Gasteiger partial charge in [-0.3, -0.25) is 10.1 Å². The quantitative estimate of drug-likeness (QED) is 0.780. The fraction of sp³-hybridized carbons (Fsp3) is 0.385. The van der Waals surface area contributed by atoms with Crippen LogP contribution in [0.15, 0.2) is 18.2 Å². The second-order valence-electron chi connectivity index (χ2n) is 4.25. The number of carboxylic acids is 1. The van der Waals surface area contributed by atoms with Crippen molar-refractivity contribution in [3.63, 3.8) is 0 Å². The third-order valence-corrected chi connectivity index (χ3v) is 2.84. The van der Waals surface area contributed by atoms with Crippen molar-refractivity contribution in [2.24, 2.45) is 0 Å². The third kappa shape index (κ3) is 2.87. The molecule has 1 atom stereocenters. The number of hydrogen-bond donors (Lipinski definition) is 2. The molecule has 0 spiro atoms. The van der Waals surface area contributed by atoms with Crippen molar-refractivity contribution >= 4 is 17.6 Å². The smallest absolute Gasteiger partial charge is 0.330 e. The van der Waals surface area contributed by atoms with Crippen molar-refractivity contribution < 1.29 is 14.7 Å². The topological polar surface area (TPSA) is 69.6 Å². The van der Waals surface area contributed by atoms with Gasteiger partial charge in [-0.2, -0.15) is 0 Å². The number of benzene rings is 1. The van der Waals surface area contributed by atoms with E-state index in [9.17, 15) is 9.59 Å².